The number of nitrogens with zero attached hydrogens (tertiary/aromatic N) is 2. The van der Waals surface area contributed by atoms with Crippen molar-refractivity contribution in [3.8, 4) is 0 Å². The van der Waals surface area contributed by atoms with Gasteiger partial charge in [0.2, 0.25) is 5.91 Å². The molecule has 0 spiro atoms. The monoisotopic (exact) mass is 340 g/mol. The summed E-state index contributed by atoms with van der Waals surface area (Å²) < 4.78 is 1.59. The van der Waals surface area contributed by atoms with E-state index >= 15 is 0 Å². The Labute approximate surface area is 137 Å². The highest BCUT2D eigenvalue weighted by atomic mass is 32.2. The van der Waals surface area contributed by atoms with Crippen LogP contribution in [0, 0.1) is 0 Å². The van der Waals surface area contributed by atoms with Crippen molar-refractivity contribution in [2.45, 2.75) is 37.9 Å². The molecule has 0 saturated carbocycles. The first-order chi connectivity index (χ1) is 10.7. The molecule has 0 aliphatic heterocycles. The number of aromatic amines is 1. The van der Waals surface area contributed by atoms with Crippen LogP contribution in [0.4, 0.5) is 0 Å². The van der Waals surface area contributed by atoms with Crippen molar-refractivity contribution < 1.29 is 4.79 Å². The van der Waals surface area contributed by atoms with Crippen molar-refractivity contribution >= 4 is 29.0 Å². The molecule has 2 aromatic rings. The molecule has 2 heterocycles. The molecule has 22 heavy (non-hydrogen) atoms. The number of rotatable bonds is 9. The maximum absolute atomic E-state index is 11.8. The average molecular weight is 340 g/mol. The molecular formula is C14H20N4O2S2. The van der Waals surface area contributed by atoms with E-state index in [1.54, 1.807) is 15.9 Å². The zero-order valence-corrected chi connectivity index (χ0v) is 14.1. The quantitative estimate of drug-likeness (QED) is 0.683. The van der Waals surface area contributed by atoms with E-state index in [1.807, 2.05) is 11.4 Å². The third-order valence-corrected chi connectivity index (χ3v) is 4.98. The first kappa shape index (κ1) is 16.8. The summed E-state index contributed by atoms with van der Waals surface area (Å²) in [7, 11) is 0. The number of aromatic nitrogens is 3. The van der Waals surface area contributed by atoms with Gasteiger partial charge in [-0.1, -0.05) is 31.2 Å². The number of H-pyrrole nitrogens is 1. The molecule has 0 aliphatic rings. The van der Waals surface area contributed by atoms with E-state index in [0.29, 0.717) is 18.2 Å². The first-order valence-corrected chi connectivity index (χ1v) is 9.14. The molecule has 0 aliphatic carbocycles. The molecule has 2 aromatic heterocycles. The van der Waals surface area contributed by atoms with E-state index in [9.17, 15) is 9.59 Å². The SMILES string of the molecule is CCCCn1c(SCC(=O)NCCc2cccs2)n[nH]c1=O. The van der Waals surface area contributed by atoms with Crippen LogP contribution in [-0.2, 0) is 17.8 Å². The van der Waals surface area contributed by atoms with Crippen LogP contribution < -0.4 is 11.0 Å². The van der Waals surface area contributed by atoms with Gasteiger partial charge in [-0.2, -0.15) is 0 Å². The third-order valence-electron chi connectivity index (χ3n) is 3.06. The highest BCUT2D eigenvalue weighted by molar-refractivity contribution is 7.99. The maximum Gasteiger partial charge on any atom is 0.343 e. The van der Waals surface area contributed by atoms with Crippen molar-refractivity contribution in [2.24, 2.45) is 0 Å². The van der Waals surface area contributed by atoms with E-state index in [4.69, 9.17) is 0 Å². The summed E-state index contributed by atoms with van der Waals surface area (Å²) in [5.41, 5.74) is -0.214. The number of hydrogen-bond donors (Lipinski definition) is 2. The van der Waals surface area contributed by atoms with Crippen molar-refractivity contribution in [3.05, 3.63) is 32.9 Å². The minimum atomic E-state index is -0.214. The lowest BCUT2D eigenvalue weighted by Gasteiger charge is -2.05. The molecule has 8 heteroatoms. The molecule has 0 aromatic carbocycles. The lowest BCUT2D eigenvalue weighted by Crippen LogP contribution is -2.27. The lowest BCUT2D eigenvalue weighted by molar-refractivity contribution is -0.118. The number of amides is 1. The van der Waals surface area contributed by atoms with Gasteiger partial charge in [-0.05, 0) is 24.3 Å². The van der Waals surface area contributed by atoms with E-state index in [0.717, 1.165) is 19.3 Å². The van der Waals surface area contributed by atoms with Gasteiger partial charge in [0.25, 0.3) is 0 Å². The Morgan fingerprint density at radius 1 is 1.55 bits per heavy atom. The van der Waals surface area contributed by atoms with Crippen LogP contribution in [-0.4, -0.2) is 33.0 Å². The van der Waals surface area contributed by atoms with Crippen LogP contribution >= 0.6 is 23.1 Å². The van der Waals surface area contributed by atoms with Gasteiger partial charge < -0.3 is 5.32 Å². The zero-order valence-electron chi connectivity index (χ0n) is 12.5. The largest absolute Gasteiger partial charge is 0.355 e. The maximum atomic E-state index is 11.8. The fraction of sp³-hybridized carbons (Fsp3) is 0.500. The Morgan fingerprint density at radius 3 is 3.14 bits per heavy atom. The summed E-state index contributed by atoms with van der Waals surface area (Å²) in [5, 5.41) is 11.9. The van der Waals surface area contributed by atoms with Gasteiger partial charge in [0.15, 0.2) is 5.16 Å². The van der Waals surface area contributed by atoms with E-state index in [2.05, 4.69) is 28.5 Å². The molecule has 0 fully saturated rings. The predicted molar refractivity (Wildman–Crippen MR) is 89.5 cm³/mol. The Hall–Kier alpha value is -1.54. The second kappa shape index (κ2) is 8.79. The molecule has 2 rings (SSSR count). The number of carbonyl (C=O) groups is 1. The lowest BCUT2D eigenvalue weighted by atomic mass is 10.3. The number of carbonyl (C=O) groups excluding carboxylic acids is 1. The number of thiophene rings is 1. The van der Waals surface area contributed by atoms with Crippen molar-refractivity contribution in [2.75, 3.05) is 12.3 Å². The predicted octanol–water partition coefficient (Wildman–Crippen LogP) is 1.88. The third kappa shape index (κ3) is 5.03. The molecule has 0 radical (unpaired) electrons. The summed E-state index contributed by atoms with van der Waals surface area (Å²) in [6, 6.07) is 4.06. The summed E-state index contributed by atoms with van der Waals surface area (Å²) in [4.78, 5) is 24.7. The molecule has 6 nitrogen and oxygen atoms in total. The van der Waals surface area contributed by atoms with Crippen LogP contribution in [0.15, 0.2) is 27.5 Å². The second-order valence-electron chi connectivity index (χ2n) is 4.78. The smallest absolute Gasteiger partial charge is 0.343 e. The molecule has 120 valence electrons. The van der Waals surface area contributed by atoms with Crippen LogP contribution in [0.1, 0.15) is 24.6 Å². The minimum Gasteiger partial charge on any atom is -0.355 e. The van der Waals surface area contributed by atoms with Gasteiger partial charge in [0.1, 0.15) is 0 Å². The molecule has 0 unspecified atom stereocenters. The van der Waals surface area contributed by atoms with E-state index in [-0.39, 0.29) is 17.3 Å². The van der Waals surface area contributed by atoms with E-state index < -0.39 is 0 Å². The molecule has 0 bridgehead atoms. The van der Waals surface area contributed by atoms with Gasteiger partial charge in [-0.3, -0.25) is 9.36 Å². The first-order valence-electron chi connectivity index (χ1n) is 7.27. The molecular weight excluding hydrogens is 320 g/mol. The van der Waals surface area contributed by atoms with Crippen molar-refractivity contribution in [3.63, 3.8) is 0 Å². The van der Waals surface area contributed by atoms with Gasteiger partial charge in [-0.15, -0.1) is 16.4 Å². The summed E-state index contributed by atoms with van der Waals surface area (Å²) in [5.74, 6) is 0.222. The second-order valence-corrected chi connectivity index (χ2v) is 6.76. The Kier molecular flexibility index (Phi) is 6.73. The molecule has 2 N–H and O–H groups in total. The normalized spacial score (nSPS) is 10.8. The van der Waals surface area contributed by atoms with Gasteiger partial charge >= 0.3 is 5.69 Å². The Morgan fingerprint density at radius 2 is 2.41 bits per heavy atom. The summed E-state index contributed by atoms with van der Waals surface area (Å²) in [6.07, 6.45) is 2.77. The van der Waals surface area contributed by atoms with Crippen molar-refractivity contribution in [1.29, 1.82) is 0 Å². The zero-order chi connectivity index (χ0) is 15.8. The van der Waals surface area contributed by atoms with Crippen LogP contribution in [0.5, 0.6) is 0 Å². The van der Waals surface area contributed by atoms with E-state index in [1.165, 1.54) is 16.6 Å². The molecule has 0 atom stereocenters. The number of unbranched alkanes of at least 4 members (excludes halogenated alkanes) is 1. The number of hydrogen-bond acceptors (Lipinski definition) is 5. The molecule has 1 amide bonds. The number of thioether (sulfide) groups is 1. The summed E-state index contributed by atoms with van der Waals surface area (Å²) >= 11 is 2.97. The fourth-order valence-electron chi connectivity index (χ4n) is 1.89. The summed E-state index contributed by atoms with van der Waals surface area (Å²) in [6.45, 7) is 3.33. The van der Waals surface area contributed by atoms with Crippen LogP contribution in [0.25, 0.3) is 0 Å². The van der Waals surface area contributed by atoms with Gasteiger partial charge in [-0.25, -0.2) is 9.89 Å². The van der Waals surface area contributed by atoms with Crippen molar-refractivity contribution in [1.82, 2.24) is 20.1 Å². The Balaban J connectivity index is 1.75. The highest BCUT2D eigenvalue weighted by Crippen LogP contribution is 2.13. The van der Waals surface area contributed by atoms with Gasteiger partial charge in [0, 0.05) is 18.0 Å². The minimum absolute atomic E-state index is 0.0425. The van der Waals surface area contributed by atoms with Gasteiger partial charge in [0.05, 0.1) is 5.75 Å². The number of nitrogens with one attached hydrogen (secondary N) is 2. The fourth-order valence-corrected chi connectivity index (χ4v) is 3.40. The van der Waals surface area contributed by atoms with Crippen LogP contribution in [0.3, 0.4) is 0 Å². The van der Waals surface area contributed by atoms with Crippen LogP contribution in [0.2, 0.25) is 0 Å². The molecule has 0 saturated heterocycles. The average Bonchev–Trinajstić information content (AvgIpc) is 3.13. The topological polar surface area (TPSA) is 79.8 Å². The highest BCUT2D eigenvalue weighted by Gasteiger charge is 2.10. The standard InChI is InChI=1S/C14H20N4O2S2/c1-2-3-8-18-13(20)16-17-14(18)22-10-12(19)15-7-6-11-5-4-9-21-11/h4-5,9H,2-3,6-8,10H2,1H3,(H,15,19)(H,16,20). The Bertz CT molecular complexity index is 634.